The fourth-order valence-electron chi connectivity index (χ4n) is 3.98. The molecule has 0 saturated heterocycles. The van der Waals surface area contributed by atoms with E-state index in [0.29, 0.717) is 12.3 Å². The van der Waals surface area contributed by atoms with E-state index >= 15 is 0 Å². The van der Waals surface area contributed by atoms with Crippen molar-refractivity contribution in [3.63, 3.8) is 0 Å². The molecule has 1 N–H and O–H groups in total. The number of anilines is 1. The van der Waals surface area contributed by atoms with Crippen molar-refractivity contribution in [3.8, 4) is 11.5 Å². The third kappa shape index (κ3) is 5.82. The zero-order valence-electron chi connectivity index (χ0n) is 18.5. The second-order valence-corrected chi connectivity index (χ2v) is 8.02. The van der Waals surface area contributed by atoms with Gasteiger partial charge in [-0.2, -0.15) is 0 Å². The van der Waals surface area contributed by atoms with E-state index in [2.05, 4.69) is 58.7 Å². The van der Waals surface area contributed by atoms with Crippen LogP contribution in [0.15, 0.2) is 72.8 Å². The van der Waals surface area contributed by atoms with Crippen LogP contribution in [0.3, 0.4) is 0 Å². The number of carbonyl (C=O) groups excluding carboxylic acids is 1. The van der Waals surface area contributed by atoms with E-state index in [1.165, 1.54) is 22.4 Å². The maximum absolute atomic E-state index is 12.0. The lowest BCUT2D eigenvalue weighted by Crippen LogP contribution is -2.30. The Kier molecular flexibility index (Phi) is 7.28. The number of fused-ring (bicyclic) bond motifs is 1. The van der Waals surface area contributed by atoms with Gasteiger partial charge in [0.2, 0.25) is 0 Å². The lowest BCUT2D eigenvalue weighted by molar-refractivity contribution is -0.123. The van der Waals surface area contributed by atoms with Crippen molar-refractivity contribution in [1.29, 1.82) is 0 Å². The number of aryl methyl sites for hydroxylation is 1. The van der Waals surface area contributed by atoms with Crippen LogP contribution in [0.25, 0.3) is 0 Å². The Morgan fingerprint density at radius 1 is 0.938 bits per heavy atom. The summed E-state index contributed by atoms with van der Waals surface area (Å²) >= 11 is 0. The lowest BCUT2D eigenvalue weighted by atomic mass is 9.99. The predicted octanol–water partition coefficient (Wildman–Crippen LogP) is 4.39. The molecule has 5 nitrogen and oxygen atoms in total. The van der Waals surface area contributed by atoms with Crippen molar-refractivity contribution >= 4 is 11.6 Å². The van der Waals surface area contributed by atoms with Gasteiger partial charge in [-0.05, 0) is 72.4 Å². The van der Waals surface area contributed by atoms with Gasteiger partial charge in [0, 0.05) is 25.3 Å². The molecular weight excluding hydrogens is 400 g/mol. The third-order valence-corrected chi connectivity index (χ3v) is 5.83. The van der Waals surface area contributed by atoms with E-state index < -0.39 is 0 Å². The molecule has 0 saturated carbocycles. The summed E-state index contributed by atoms with van der Waals surface area (Å²) in [6, 6.07) is 24.7. The molecule has 166 valence electrons. The fraction of sp³-hybridized carbons (Fsp3) is 0.296. The maximum Gasteiger partial charge on any atom is 0.257 e. The number of nitrogens with zero attached hydrogens (tertiary/aromatic N) is 1. The molecule has 5 heteroatoms. The first kappa shape index (κ1) is 21.8. The number of rotatable bonds is 9. The SMILES string of the molecule is COc1ccc(OCC(=O)NCCCc2ccc(N3CCc4ccccc4C3)cc2)cc1. The van der Waals surface area contributed by atoms with E-state index in [4.69, 9.17) is 9.47 Å². The van der Waals surface area contributed by atoms with E-state index in [0.717, 1.165) is 38.1 Å². The van der Waals surface area contributed by atoms with E-state index in [1.807, 2.05) is 12.1 Å². The standard InChI is InChI=1S/C27H30N2O3/c1-31-25-12-14-26(15-13-25)32-20-27(30)28-17-4-5-21-8-10-24(11-9-21)29-18-16-22-6-2-3-7-23(22)19-29/h2-3,6-15H,4-5,16-20H2,1H3,(H,28,30). The average Bonchev–Trinajstić information content (AvgIpc) is 2.86. The topological polar surface area (TPSA) is 50.8 Å². The summed E-state index contributed by atoms with van der Waals surface area (Å²) in [6.45, 7) is 2.68. The number of benzene rings is 3. The monoisotopic (exact) mass is 430 g/mol. The van der Waals surface area contributed by atoms with E-state index in [-0.39, 0.29) is 12.5 Å². The molecular formula is C27H30N2O3. The van der Waals surface area contributed by atoms with Crippen LogP contribution < -0.4 is 19.7 Å². The van der Waals surface area contributed by atoms with Gasteiger partial charge in [0.25, 0.3) is 5.91 Å². The first-order valence-electron chi connectivity index (χ1n) is 11.2. The number of amides is 1. The van der Waals surface area contributed by atoms with Crippen molar-refractivity contribution in [2.24, 2.45) is 0 Å². The zero-order chi connectivity index (χ0) is 22.2. The Morgan fingerprint density at radius 3 is 2.41 bits per heavy atom. The minimum absolute atomic E-state index is 0.0139. The summed E-state index contributed by atoms with van der Waals surface area (Å²) < 4.78 is 10.6. The molecule has 0 aromatic heterocycles. The molecule has 0 fully saturated rings. The smallest absolute Gasteiger partial charge is 0.257 e. The molecule has 0 bridgehead atoms. The first-order valence-corrected chi connectivity index (χ1v) is 11.2. The van der Waals surface area contributed by atoms with Crippen LogP contribution in [0.5, 0.6) is 11.5 Å². The summed E-state index contributed by atoms with van der Waals surface area (Å²) in [6.07, 6.45) is 2.92. The molecule has 3 aromatic rings. The quantitative estimate of drug-likeness (QED) is 0.512. The number of nitrogens with one attached hydrogen (secondary N) is 1. The average molecular weight is 431 g/mol. The third-order valence-electron chi connectivity index (χ3n) is 5.83. The molecule has 3 aromatic carbocycles. The minimum Gasteiger partial charge on any atom is -0.497 e. The van der Waals surface area contributed by atoms with Gasteiger partial charge in [-0.3, -0.25) is 4.79 Å². The molecule has 0 atom stereocenters. The van der Waals surface area contributed by atoms with Crippen LogP contribution in [-0.2, 0) is 24.2 Å². The molecule has 32 heavy (non-hydrogen) atoms. The Balaban J connectivity index is 1.16. The molecule has 1 aliphatic heterocycles. The highest BCUT2D eigenvalue weighted by molar-refractivity contribution is 5.77. The maximum atomic E-state index is 12.0. The fourth-order valence-corrected chi connectivity index (χ4v) is 3.98. The summed E-state index contributed by atoms with van der Waals surface area (Å²) in [5.74, 6) is 1.30. The van der Waals surface area contributed by atoms with Crippen molar-refractivity contribution in [3.05, 3.63) is 89.5 Å². The van der Waals surface area contributed by atoms with Gasteiger partial charge in [0.15, 0.2) is 6.61 Å². The molecule has 1 heterocycles. The van der Waals surface area contributed by atoms with Crippen molar-refractivity contribution < 1.29 is 14.3 Å². The van der Waals surface area contributed by atoms with Gasteiger partial charge in [-0.15, -0.1) is 0 Å². The second kappa shape index (κ2) is 10.7. The van der Waals surface area contributed by atoms with Gasteiger partial charge in [-0.1, -0.05) is 36.4 Å². The van der Waals surface area contributed by atoms with Crippen LogP contribution >= 0.6 is 0 Å². The highest BCUT2D eigenvalue weighted by atomic mass is 16.5. The Morgan fingerprint density at radius 2 is 1.66 bits per heavy atom. The van der Waals surface area contributed by atoms with Crippen LogP contribution in [0.2, 0.25) is 0 Å². The van der Waals surface area contributed by atoms with Gasteiger partial charge >= 0.3 is 0 Å². The summed E-state index contributed by atoms with van der Waals surface area (Å²) in [7, 11) is 1.62. The Bertz CT molecular complexity index is 1020. The number of carbonyl (C=O) groups is 1. The Labute approximate surface area is 190 Å². The molecule has 4 rings (SSSR count). The number of hydrogen-bond acceptors (Lipinski definition) is 4. The van der Waals surface area contributed by atoms with Crippen molar-refractivity contribution in [2.45, 2.75) is 25.8 Å². The van der Waals surface area contributed by atoms with Gasteiger partial charge in [-0.25, -0.2) is 0 Å². The van der Waals surface area contributed by atoms with Crippen LogP contribution in [0.1, 0.15) is 23.1 Å². The first-order chi connectivity index (χ1) is 15.7. The van der Waals surface area contributed by atoms with Crippen molar-refractivity contribution in [2.75, 3.05) is 31.7 Å². The molecule has 0 spiro atoms. The summed E-state index contributed by atoms with van der Waals surface area (Å²) in [4.78, 5) is 14.4. The molecule has 0 unspecified atom stereocenters. The summed E-state index contributed by atoms with van der Waals surface area (Å²) in [5.41, 5.74) is 5.45. The van der Waals surface area contributed by atoms with Crippen LogP contribution in [0, 0.1) is 0 Å². The molecule has 0 radical (unpaired) electrons. The highest BCUT2D eigenvalue weighted by Gasteiger charge is 2.15. The predicted molar refractivity (Wildman–Crippen MR) is 127 cm³/mol. The van der Waals surface area contributed by atoms with Crippen LogP contribution in [-0.4, -0.2) is 32.7 Å². The second-order valence-electron chi connectivity index (χ2n) is 8.02. The minimum atomic E-state index is -0.110. The lowest BCUT2D eigenvalue weighted by Gasteiger charge is -2.30. The number of ether oxygens (including phenoxy) is 2. The molecule has 0 aliphatic carbocycles. The van der Waals surface area contributed by atoms with Gasteiger partial charge in [0.05, 0.1) is 7.11 Å². The zero-order valence-corrected chi connectivity index (χ0v) is 18.5. The number of hydrogen-bond donors (Lipinski definition) is 1. The largest absolute Gasteiger partial charge is 0.497 e. The van der Waals surface area contributed by atoms with Gasteiger partial charge < -0.3 is 19.7 Å². The van der Waals surface area contributed by atoms with Crippen LogP contribution in [0.4, 0.5) is 5.69 Å². The Hall–Kier alpha value is -3.47. The van der Waals surface area contributed by atoms with E-state index in [1.54, 1.807) is 19.2 Å². The molecule has 1 amide bonds. The van der Waals surface area contributed by atoms with Gasteiger partial charge in [0.1, 0.15) is 11.5 Å². The van der Waals surface area contributed by atoms with Crippen molar-refractivity contribution in [1.82, 2.24) is 5.32 Å². The molecule has 1 aliphatic rings. The normalized spacial score (nSPS) is 12.7. The number of methoxy groups -OCH3 is 1. The highest BCUT2D eigenvalue weighted by Crippen LogP contribution is 2.24. The summed E-state index contributed by atoms with van der Waals surface area (Å²) in [5, 5.41) is 2.92. The van der Waals surface area contributed by atoms with E-state index in [9.17, 15) is 4.79 Å².